The van der Waals surface area contributed by atoms with Crippen LogP contribution < -0.4 is 21.3 Å². The van der Waals surface area contributed by atoms with Crippen LogP contribution in [-0.4, -0.2) is 60.4 Å². The first-order valence-corrected chi connectivity index (χ1v) is 13.7. The number of benzene rings is 1. The molecule has 2 saturated carbocycles. The molecule has 3 aliphatic carbocycles. The molecule has 9 heteroatoms. The number of carbonyl (C=O) groups is 4. The molecule has 2 atom stereocenters. The summed E-state index contributed by atoms with van der Waals surface area (Å²) in [4.78, 5) is 53.3. The average Bonchev–Trinajstić information content (AvgIpc) is 3.26. The fourth-order valence-corrected chi connectivity index (χ4v) is 6.92. The molecule has 5 rings (SSSR count). The van der Waals surface area contributed by atoms with Crippen LogP contribution in [0, 0.1) is 11.3 Å². The van der Waals surface area contributed by atoms with Gasteiger partial charge in [0.1, 0.15) is 11.6 Å². The lowest BCUT2D eigenvalue weighted by atomic mass is 9.67. The second-order valence-corrected chi connectivity index (χ2v) is 11.6. The monoisotopic (exact) mass is 509 g/mol. The van der Waals surface area contributed by atoms with Gasteiger partial charge in [-0.2, -0.15) is 0 Å². The normalized spacial score (nSPS) is 25.5. The zero-order valence-electron chi connectivity index (χ0n) is 22.0. The Bertz CT molecular complexity index is 1090. The molecule has 9 nitrogen and oxygen atoms in total. The van der Waals surface area contributed by atoms with Crippen molar-refractivity contribution in [3.8, 4) is 0 Å². The summed E-state index contributed by atoms with van der Waals surface area (Å²) in [5.41, 5.74) is 1.67. The largest absolute Gasteiger partial charge is 0.357 e. The summed E-state index contributed by atoms with van der Waals surface area (Å²) in [7, 11) is 1.62. The van der Waals surface area contributed by atoms with Gasteiger partial charge in [0.15, 0.2) is 0 Å². The molecule has 37 heavy (non-hydrogen) atoms. The predicted molar refractivity (Wildman–Crippen MR) is 140 cm³/mol. The highest BCUT2D eigenvalue weighted by Gasteiger charge is 2.55. The van der Waals surface area contributed by atoms with Gasteiger partial charge in [0.25, 0.3) is 0 Å². The third-order valence-corrected chi connectivity index (χ3v) is 9.14. The Morgan fingerprint density at radius 3 is 2.43 bits per heavy atom. The Kier molecular flexibility index (Phi) is 6.89. The molecule has 1 aliphatic heterocycles. The molecular weight excluding hydrogens is 470 g/mol. The van der Waals surface area contributed by atoms with E-state index in [0.717, 1.165) is 56.1 Å². The molecule has 2 unspecified atom stereocenters. The van der Waals surface area contributed by atoms with Crippen LogP contribution in [0.5, 0.6) is 0 Å². The lowest BCUT2D eigenvalue weighted by Crippen LogP contribution is -2.70. The number of rotatable bonds is 6. The van der Waals surface area contributed by atoms with Gasteiger partial charge in [-0.25, -0.2) is 4.79 Å². The first kappa shape index (κ1) is 25.5. The second-order valence-electron chi connectivity index (χ2n) is 11.6. The molecule has 1 heterocycles. The van der Waals surface area contributed by atoms with E-state index in [1.165, 1.54) is 13.3 Å². The smallest absolute Gasteiger partial charge is 0.318 e. The molecular formula is C28H39N5O4. The maximum absolute atomic E-state index is 13.4. The summed E-state index contributed by atoms with van der Waals surface area (Å²) in [6.45, 7) is 2.71. The van der Waals surface area contributed by atoms with Gasteiger partial charge in [0, 0.05) is 51.0 Å². The van der Waals surface area contributed by atoms with Crippen LogP contribution in [0.25, 0.3) is 0 Å². The molecule has 0 aromatic heterocycles. The Morgan fingerprint density at radius 2 is 1.78 bits per heavy atom. The topological polar surface area (TPSA) is 120 Å². The van der Waals surface area contributed by atoms with Crippen molar-refractivity contribution in [3.63, 3.8) is 0 Å². The van der Waals surface area contributed by atoms with Crippen LogP contribution in [0.1, 0.15) is 69.4 Å². The third kappa shape index (κ3) is 4.80. The second kappa shape index (κ2) is 9.99. The Balaban J connectivity index is 1.36. The number of nitrogens with zero attached hydrogens (tertiary/aromatic N) is 1. The molecule has 0 bridgehead atoms. The van der Waals surface area contributed by atoms with E-state index in [9.17, 15) is 19.2 Å². The quantitative estimate of drug-likeness (QED) is 0.471. The van der Waals surface area contributed by atoms with Crippen LogP contribution >= 0.6 is 0 Å². The van der Waals surface area contributed by atoms with Crippen LogP contribution in [0.2, 0.25) is 0 Å². The summed E-state index contributed by atoms with van der Waals surface area (Å²) in [6, 6.07) is 4.97. The molecule has 4 aliphatic rings. The summed E-state index contributed by atoms with van der Waals surface area (Å²) in [6.07, 6.45) is 9.27. The van der Waals surface area contributed by atoms with E-state index in [1.807, 2.05) is 18.2 Å². The molecule has 1 aromatic carbocycles. The zero-order chi connectivity index (χ0) is 26.2. The number of carbonyl (C=O) groups excluding carboxylic acids is 4. The summed E-state index contributed by atoms with van der Waals surface area (Å²) < 4.78 is 0. The van der Waals surface area contributed by atoms with Gasteiger partial charge in [-0.3, -0.25) is 14.4 Å². The lowest BCUT2D eigenvalue weighted by Gasteiger charge is -2.53. The van der Waals surface area contributed by atoms with Crippen molar-refractivity contribution >= 4 is 29.4 Å². The average molecular weight is 510 g/mol. The van der Waals surface area contributed by atoms with Gasteiger partial charge >= 0.3 is 6.03 Å². The first-order chi connectivity index (χ1) is 17.7. The maximum atomic E-state index is 13.4. The number of nitrogens with one attached hydrogen (secondary N) is 4. The fraction of sp³-hybridized carbons (Fsp3) is 0.643. The van der Waals surface area contributed by atoms with Gasteiger partial charge in [-0.05, 0) is 54.9 Å². The van der Waals surface area contributed by atoms with Gasteiger partial charge in [-0.15, -0.1) is 0 Å². The van der Waals surface area contributed by atoms with E-state index in [-0.39, 0.29) is 35.1 Å². The molecule has 1 aromatic rings. The maximum Gasteiger partial charge on any atom is 0.318 e. The van der Waals surface area contributed by atoms with Crippen LogP contribution in [0.4, 0.5) is 10.5 Å². The Labute approximate surface area is 218 Å². The number of hydrogen-bond acceptors (Lipinski definition) is 4. The molecule has 4 N–H and O–H groups in total. The standard InChI is InChI=1S/C28H39N5O4/c1-18(34)31-23(19-7-4-3-5-8-19)24(35)32-22-10-9-20-14-28(25(36)29-2,15-21(20)13-22)33-17-27(11-6-12-27)16-30-26(33)37/h9-10,13,19,23H,3-8,11-12,14-17H2,1-2H3,(H,29,36)(H,30,37)(H,31,34)(H,32,35). The summed E-state index contributed by atoms with van der Waals surface area (Å²) in [5.74, 6) is -0.452. The highest BCUT2D eigenvalue weighted by molar-refractivity contribution is 5.97. The van der Waals surface area contributed by atoms with Crippen LogP contribution in [0.15, 0.2) is 18.2 Å². The number of likely N-dealkylation sites (N-methyl/N-ethyl adjacent to an activating group) is 1. The van der Waals surface area contributed by atoms with Crippen LogP contribution in [0.3, 0.4) is 0 Å². The number of hydrogen-bond donors (Lipinski definition) is 4. The fourth-order valence-electron chi connectivity index (χ4n) is 6.92. The molecule has 1 saturated heterocycles. The lowest BCUT2D eigenvalue weighted by molar-refractivity contribution is -0.133. The number of amides is 5. The van der Waals surface area contributed by atoms with Crippen molar-refractivity contribution in [3.05, 3.63) is 29.3 Å². The third-order valence-electron chi connectivity index (χ3n) is 9.14. The highest BCUT2D eigenvalue weighted by Crippen LogP contribution is 2.46. The van der Waals surface area contributed by atoms with Crippen molar-refractivity contribution in [1.82, 2.24) is 20.9 Å². The number of anilines is 1. The van der Waals surface area contributed by atoms with E-state index < -0.39 is 11.6 Å². The Hall–Kier alpha value is -3.10. The minimum atomic E-state index is -0.992. The van der Waals surface area contributed by atoms with Crippen LogP contribution in [-0.2, 0) is 27.2 Å². The van der Waals surface area contributed by atoms with E-state index in [1.54, 1.807) is 11.9 Å². The van der Waals surface area contributed by atoms with Crippen molar-refractivity contribution < 1.29 is 19.2 Å². The van der Waals surface area contributed by atoms with Gasteiger partial charge in [-0.1, -0.05) is 31.7 Å². The predicted octanol–water partition coefficient (Wildman–Crippen LogP) is 2.49. The molecule has 200 valence electrons. The number of urea groups is 1. The van der Waals surface area contributed by atoms with Crippen molar-refractivity contribution in [2.75, 3.05) is 25.5 Å². The summed E-state index contributed by atoms with van der Waals surface area (Å²) >= 11 is 0. The highest BCUT2D eigenvalue weighted by atomic mass is 16.2. The van der Waals surface area contributed by atoms with Gasteiger partial charge < -0.3 is 26.2 Å². The van der Waals surface area contributed by atoms with E-state index >= 15 is 0 Å². The van der Waals surface area contributed by atoms with Crippen molar-refractivity contribution in [1.29, 1.82) is 0 Å². The van der Waals surface area contributed by atoms with E-state index in [2.05, 4.69) is 21.3 Å². The minimum Gasteiger partial charge on any atom is -0.357 e. The SMILES string of the molecule is CNC(=O)C1(N2CC3(CCC3)CNC2=O)Cc2ccc(NC(=O)C(NC(C)=O)C3CCCCC3)cc2C1. The van der Waals surface area contributed by atoms with Crippen molar-refractivity contribution in [2.24, 2.45) is 11.3 Å². The molecule has 3 fully saturated rings. The minimum absolute atomic E-state index is 0.0562. The molecule has 5 amide bonds. The van der Waals surface area contributed by atoms with Crippen molar-refractivity contribution in [2.45, 2.75) is 82.7 Å². The number of fused-ring (bicyclic) bond motifs is 1. The van der Waals surface area contributed by atoms with Gasteiger partial charge in [0.05, 0.1) is 0 Å². The zero-order valence-corrected chi connectivity index (χ0v) is 22.0. The van der Waals surface area contributed by atoms with E-state index in [4.69, 9.17) is 0 Å². The van der Waals surface area contributed by atoms with Gasteiger partial charge in [0.2, 0.25) is 17.7 Å². The Morgan fingerprint density at radius 1 is 1.05 bits per heavy atom. The summed E-state index contributed by atoms with van der Waals surface area (Å²) in [5, 5.41) is 11.7. The molecule has 0 radical (unpaired) electrons. The molecule has 1 spiro atoms. The first-order valence-electron chi connectivity index (χ1n) is 13.7. The van der Waals surface area contributed by atoms with E-state index in [0.29, 0.717) is 31.6 Å².